The molecule has 0 aliphatic heterocycles. The van der Waals surface area contributed by atoms with Crippen molar-refractivity contribution in [3.63, 3.8) is 0 Å². The van der Waals surface area contributed by atoms with Crippen LogP contribution in [0.15, 0.2) is 36.4 Å². The Morgan fingerprint density at radius 2 is 1.43 bits per heavy atom. The number of hydrogen-bond acceptors (Lipinski definition) is 2. The maximum absolute atomic E-state index is 12.2. The van der Waals surface area contributed by atoms with Crippen LogP contribution in [0.4, 0.5) is 5.69 Å². The van der Waals surface area contributed by atoms with Crippen LogP contribution < -0.4 is 5.32 Å². The Balaban J connectivity index is 2.36. The zero-order valence-corrected chi connectivity index (χ0v) is 12.6. The first-order valence-electron chi connectivity index (χ1n) is 5.67. The highest BCUT2D eigenvalue weighted by Gasteiger charge is 2.19. The number of aromatic carboxylic acids is 1. The third kappa shape index (κ3) is 3.67. The van der Waals surface area contributed by atoms with Crippen LogP contribution in [0, 0.1) is 0 Å². The summed E-state index contributed by atoms with van der Waals surface area (Å²) in [5.74, 6) is -1.87. The minimum atomic E-state index is -1.27. The fourth-order valence-electron chi connectivity index (χ4n) is 1.64. The van der Waals surface area contributed by atoms with Gasteiger partial charge in [-0.25, -0.2) is 4.79 Å². The molecule has 108 valence electrons. The highest BCUT2D eigenvalue weighted by molar-refractivity contribution is 6.42. The van der Waals surface area contributed by atoms with Crippen LogP contribution >= 0.6 is 34.8 Å². The maximum atomic E-state index is 12.2. The highest BCUT2D eigenvalue weighted by atomic mass is 35.5. The summed E-state index contributed by atoms with van der Waals surface area (Å²) in [6.45, 7) is 0. The minimum Gasteiger partial charge on any atom is -0.478 e. The van der Waals surface area contributed by atoms with Gasteiger partial charge in [-0.05, 0) is 36.4 Å². The summed E-state index contributed by atoms with van der Waals surface area (Å²) in [6, 6.07) is 8.76. The van der Waals surface area contributed by atoms with Crippen LogP contribution in [-0.2, 0) is 0 Å². The van der Waals surface area contributed by atoms with Gasteiger partial charge in [-0.2, -0.15) is 0 Å². The summed E-state index contributed by atoms with van der Waals surface area (Å²) >= 11 is 17.4. The molecule has 2 aromatic rings. The van der Waals surface area contributed by atoms with E-state index in [4.69, 9.17) is 39.9 Å². The molecule has 0 aliphatic carbocycles. The van der Waals surface area contributed by atoms with Crippen LogP contribution in [0.3, 0.4) is 0 Å². The maximum Gasteiger partial charge on any atom is 0.336 e. The summed E-state index contributed by atoms with van der Waals surface area (Å²) in [7, 11) is 0. The first-order valence-corrected chi connectivity index (χ1v) is 6.81. The van der Waals surface area contributed by atoms with Crippen LogP contribution in [0.2, 0.25) is 15.1 Å². The molecule has 2 rings (SSSR count). The lowest BCUT2D eigenvalue weighted by Gasteiger charge is -2.09. The molecule has 0 saturated carbocycles. The van der Waals surface area contributed by atoms with E-state index in [0.717, 1.165) is 6.07 Å². The fraction of sp³-hybridized carbons (Fsp3) is 0. The number of amides is 1. The van der Waals surface area contributed by atoms with Gasteiger partial charge in [0.25, 0.3) is 5.91 Å². The molecule has 0 aliphatic rings. The van der Waals surface area contributed by atoms with E-state index in [1.54, 1.807) is 24.3 Å². The second-order valence-electron chi connectivity index (χ2n) is 4.08. The molecule has 21 heavy (non-hydrogen) atoms. The van der Waals surface area contributed by atoms with E-state index in [0.29, 0.717) is 10.7 Å². The van der Waals surface area contributed by atoms with E-state index in [-0.39, 0.29) is 21.2 Å². The van der Waals surface area contributed by atoms with Crippen molar-refractivity contribution in [3.8, 4) is 0 Å². The molecule has 1 amide bonds. The molecule has 0 unspecified atom stereocenters. The lowest BCUT2D eigenvalue weighted by molar-refractivity contribution is 0.0692. The van der Waals surface area contributed by atoms with Crippen molar-refractivity contribution in [2.75, 3.05) is 5.32 Å². The van der Waals surface area contributed by atoms with E-state index < -0.39 is 11.9 Å². The predicted molar refractivity (Wildman–Crippen MR) is 82.8 cm³/mol. The number of anilines is 1. The number of halogens is 3. The zero-order valence-electron chi connectivity index (χ0n) is 10.4. The minimum absolute atomic E-state index is 0.0668. The molecule has 2 N–H and O–H groups in total. The van der Waals surface area contributed by atoms with Crippen molar-refractivity contribution in [3.05, 3.63) is 62.6 Å². The van der Waals surface area contributed by atoms with E-state index in [1.807, 2.05) is 0 Å². The number of nitrogens with one attached hydrogen (secondary N) is 1. The summed E-state index contributed by atoms with van der Waals surface area (Å²) in [5, 5.41) is 12.4. The summed E-state index contributed by atoms with van der Waals surface area (Å²) in [6.07, 6.45) is 0. The van der Waals surface area contributed by atoms with Gasteiger partial charge in [-0.15, -0.1) is 0 Å². The standard InChI is InChI=1S/C14H8Cl3NO3/c15-7-1-3-8(4-2-7)18-13(19)9-5-11(16)12(17)6-10(9)14(20)21/h1-6H,(H,18,19)(H,20,21). The molecule has 0 fully saturated rings. The molecule has 0 heterocycles. The monoisotopic (exact) mass is 343 g/mol. The van der Waals surface area contributed by atoms with Gasteiger partial charge in [0, 0.05) is 10.7 Å². The highest BCUT2D eigenvalue weighted by Crippen LogP contribution is 2.27. The van der Waals surface area contributed by atoms with Gasteiger partial charge in [0.15, 0.2) is 0 Å². The van der Waals surface area contributed by atoms with Gasteiger partial charge in [-0.1, -0.05) is 34.8 Å². The number of carboxylic acids is 1. The van der Waals surface area contributed by atoms with Gasteiger partial charge in [-0.3, -0.25) is 4.79 Å². The molecule has 0 saturated heterocycles. The van der Waals surface area contributed by atoms with Gasteiger partial charge in [0.1, 0.15) is 0 Å². The molecule has 0 atom stereocenters. The van der Waals surface area contributed by atoms with Crippen molar-refractivity contribution in [2.45, 2.75) is 0 Å². The third-order valence-corrected chi connectivity index (χ3v) is 3.61. The Bertz CT molecular complexity index is 714. The van der Waals surface area contributed by atoms with Crippen molar-refractivity contribution >= 4 is 52.4 Å². The Labute approximate surface area is 135 Å². The number of benzene rings is 2. The second-order valence-corrected chi connectivity index (χ2v) is 5.33. The van der Waals surface area contributed by atoms with Gasteiger partial charge in [0.05, 0.1) is 21.2 Å². The smallest absolute Gasteiger partial charge is 0.336 e. The van der Waals surface area contributed by atoms with E-state index in [2.05, 4.69) is 5.32 Å². The molecule has 4 nitrogen and oxygen atoms in total. The van der Waals surface area contributed by atoms with Crippen molar-refractivity contribution in [1.29, 1.82) is 0 Å². The predicted octanol–water partition coefficient (Wildman–Crippen LogP) is 4.60. The fourth-order valence-corrected chi connectivity index (χ4v) is 2.10. The molecule has 2 aromatic carbocycles. The van der Waals surface area contributed by atoms with Crippen LogP contribution in [0.1, 0.15) is 20.7 Å². The van der Waals surface area contributed by atoms with Gasteiger partial charge < -0.3 is 10.4 Å². The molecule has 0 radical (unpaired) electrons. The Morgan fingerprint density at radius 1 is 0.905 bits per heavy atom. The summed E-state index contributed by atoms with van der Waals surface area (Å²) in [5.41, 5.74) is 0.175. The van der Waals surface area contributed by atoms with Crippen LogP contribution in [0.25, 0.3) is 0 Å². The first kappa shape index (κ1) is 15.6. The van der Waals surface area contributed by atoms with E-state index in [1.165, 1.54) is 6.07 Å². The molecular weight excluding hydrogens is 337 g/mol. The van der Waals surface area contributed by atoms with Crippen molar-refractivity contribution in [1.82, 2.24) is 0 Å². The lowest BCUT2D eigenvalue weighted by Crippen LogP contribution is -2.16. The van der Waals surface area contributed by atoms with Crippen LogP contribution in [-0.4, -0.2) is 17.0 Å². The van der Waals surface area contributed by atoms with Crippen molar-refractivity contribution < 1.29 is 14.7 Å². The number of carboxylic acid groups (broad SMARTS) is 1. The number of hydrogen-bond donors (Lipinski definition) is 2. The number of carbonyl (C=O) groups is 2. The summed E-state index contributed by atoms with van der Waals surface area (Å²) in [4.78, 5) is 23.4. The molecular formula is C14H8Cl3NO3. The first-order chi connectivity index (χ1) is 9.88. The topological polar surface area (TPSA) is 66.4 Å². The average Bonchev–Trinajstić information content (AvgIpc) is 2.43. The van der Waals surface area contributed by atoms with Crippen LogP contribution in [0.5, 0.6) is 0 Å². The van der Waals surface area contributed by atoms with E-state index >= 15 is 0 Å². The number of carbonyl (C=O) groups excluding carboxylic acids is 1. The Morgan fingerprint density at radius 3 is 1.95 bits per heavy atom. The molecule has 0 bridgehead atoms. The largest absolute Gasteiger partial charge is 0.478 e. The Hall–Kier alpha value is -1.75. The van der Waals surface area contributed by atoms with Crippen molar-refractivity contribution in [2.24, 2.45) is 0 Å². The molecule has 0 aromatic heterocycles. The quantitative estimate of drug-likeness (QED) is 0.855. The van der Waals surface area contributed by atoms with Gasteiger partial charge >= 0.3 is 5.97 Å². The van der Waals surface area contributed by atoms with E-state index in [9.17, 15) is 9.59 Å². The average molecular weight is 345 g/mol. The lowest BCUT2D eigenvalue weighted by atomic mass is 10.1. The molecule has 0 spiro atoms. The Kier molecular flexibility index (Phi) is 4.73. The SMILES string of the molecule is O=C(O)c1cc(Cl)c(Cl)cc1C(=O)Nc1ccc(Cl)cc1. The normalized spacial score (nSPS) is 10.2. The van der Waals surface area contributed by atoms with Gasteiger partial charge in [0.2, 0.25) is 0 Å². The third-order valence-electron chi connectivity index (χ3n) is 2.64. The number of rotatable bonds is 3. The zero-order chi connectivity index (χ0) is 15.6. The molecule has 7 heteroatoms. The second kappa shape index (κ2) is 6.35. The summed E-state index contributed by atoms with van der Waals surface area (Å²) < 4.78 is 0.